The summed E-state index contributed by atoms with van der Waals surface area (Å²) in [5, 5.41) is 3.39. The van der Waals surface area contributed by atoms with Gasteiger partial charge in [0.25, 0.3) is 0 Å². The molecule has 1 aromatic heterocycles. The third-order valence-corrected chi connectivity index (χ3v) is 5.22. The first-order valence-corrected chi connectivity index (χ1v) is 8.32. The lowest BCUT2D eigenvalue weighted by molar-refractivity contribution is 0.718. The van der Waals surface area contributed by atoms with Gasteiger partial charge in [-0.3, -0.25) is 0 Å². The molecule has 0 aliphatic rings. The second-order valence-electron chi connectivity index (χ2n) is 4.44. The van der Waals surface area contributed by atoms with E-state index in [0.717, 1.165) is 22.9 Å². The number of hydrogen-bond acceptors (Lipinski definition) is 4. The summed E-state index contributed by atoms with van der Waals surface area (Å²) in [7, 11) is 0. The fraction of sp³-hybridized carbons (Fsp3) is 0.188. The van der Waals surface area contributed by atoms with Gasteiger partial charge in [0.05, 0.1) is 10.2 Å². The predicted octanol–water partition coefficient (Wildman–Crippen LogP) is 4.56. The van der Waals surface area contributed by atoms with Crippen LogP contribution in [0.2, 0.25) is 0 Å². The van der Waals surface area contributed by atoms with Gasteiger partial charge in [-0.05, 0) is 30.3 Å². The van der Waals surface area contributed by atoms with Gasteiger partial charge >= 0.3 is 0 Å². The molecule has 0 bridgehead atoms. The van der Waals surface area contributed by atoms with E-state index in [1.807, 2.05) is 6.07 Å². The monoisotopic (exact) mass is 300 g/mol. The zero-order valence-electron chi connectivity index (χ0n) is 11.3. The highest BCUT2D eigenvalue weighted by Crippen LogP contribution is 2.35. The van der Waals surface area contributed by atoms with E-state index in [1.165, 1.54) is 15.2 Å². The number of fused-ring (bicyclic) bond motifs is 1. The van der Waals surface area contributed by atoms with Crippen molar-refractivity contribution in [3.8, 4) is 0 Å². The molecule has 0 fully saturated rings. The number of benzene rings is 2. The fourth-order valence-electron chi connectivity index (χ4n) is 2.00. The molecule has 0 atom stereocenters. The van der Waals surface area contributed by atoms with Gasteiger partial charge < -0.3 is 5.32 Å². The molecule has 0 aliphatic heterocycles. The maximum Gasteiger partial charge on any atom is 0.155 e. The molecule has 0 unspecified atom stereocenters. The predicted molar refractivity (Wildman–Crippen MR) is 87.6 cm³/mol. The summed E-state index contributed by atoms with van der Waals surface area (Å²) in [4.78, 5) is 5.98. The summed E-state index contributed by atoms with van der Waals surface area (Å²) in [5.74, 6) is 0. The third-order valence-electron chi connectivity index (χ3n) is 3.01. The van der Waals surface area contributed by atoms with E-state index in [0.29, 0.717) is 0 Å². The van der Waals surface area contributed by atoms with Crippen molar-refractivity contribution in [3.63, 3.8) is 0 Å². The van der Waals surface area contributed by atoms with Gasteiger partial charge in [-0.25, -0.2) is 4.98 Å². The number of nitrogens with zero attached hydrogens (tertiary/aromatic N) is 1. The Kier molecular flexibility index (Phi) is 4.35. The van der Waals surface area contributed by atoms with Gasteiger partial charge in [0, 0.05) is 11.4 Å². The highest BCUT2D eigenvalue weighted by Gasteiger charge is 2.08. The van der Waals surface area contributed by atoms with Gasteiger partial charge in [-0.1, -0.05) is 49.0 Å². The van der Waals surface area contributed by atoms with Crippen LogP contribution >= 0.6 is 23.1 Å². The first kappa shape index (κ1) is 13.6. The Bertz CT molecular complexity index is 673. The molecule has 1 N–H and O–H groups in total. The minimum atomic E-state index is 0.907. The molecular weight excluding hydrogens is 284 g/mol. The minimum Gasteiger partial charge on any atom is -0.313 e. The van der Waals surface area contributed by atoms with Gasteiger partial charge in [0.15, 0.2) is 4.34 Å². The Morgan fingerprint density at radius 3 is 2.75 bits per heavy atom. The van der Waals surface area contributed by atoms with Crippen molar-refractivity contribution in [1.29, 1.82) is 0 Å². The molecule has 20 heavy (non-hydrogen) atoms. The zero-order valence-corrected chi connectivity index (χ0v) is 12.9. The van der Waals surface area contributed by atoms with Crippen LogP contribution in [0.4, 0.5) is 0 Å². The highest BCUT2D eigenvalue weighted by molar-refractivity contribution is 8.01. The number of aromatic nitrogens is 1. The van der Waals surface area contributed by atoms with Gasteiger partial charge in [0.2, 0.25) is 0 Å². The Morgan fingerprint density at radius 1 is 1.10 bits per heavy atom. The van der Waals surface area contributed by atoms with Crippen molar-refractivity contribution in [2.75, 3.05) is 6.54 Å². The van der Waals surface area contributed by atoms with Crippen LogP contribution in [0, 0.1) is 0 Å². The van der Waals surface area contributed by atoms with Gasteiger partial charge in [-0.2, -0.15) is 0 Å². The zero-order chi connectivity index (χ0) is 13.8. The lowest BCUT2D eigenvalue weighted by atomic mass is 10.2. The summed E-state index contributed by atoms with van der Waals surface area (Å²) >= 11 is 3.51. The lowest BCUT2D eigenvalue weighted by Gasteiger charge is -2.07. The summed E-state index contributed by atoms with van der Waals surface area (Å²) in [6.45, 7) is 4.02. The molecule has 0 saturated carbocycles. The van der Waals surface area contributed by atoms with Crippen molar-refractivity contribution in [2.45, 2.75) is 22.7 Å². The van der Waals surface area contributed by atoms with Crippen molar-refractivity contribution >= 4 is 33.3 Å². The van der Waals surface area contributed by atoms with Crippen LogP contribution in [-0.4, -0.2) is 11.5 Å². The minimum absolute atomic E-state index is 0.907. The molecule has 102 valence electrons. The average molecular weight is 300 g/mol. The van der Waals surface area contributed by atoms with Crippen molar-refractivity contribution < 1.29 is 0 Å². The Balaban J connectivity index is 1.86. The molecule has 0 aliphatic carbocycles. The molecule has 0 amide bonds. The summed E-state index contributed by atoms with van der Waals surface area (Å²) < 4.78 is 2.36. The Morgan fingerprint density at radius 2 is 1.90 bits per heavy atom. The number of hydrogen-bond donors (Lipinski definition) is 1. The standard InChI is InChI=1S/C16H16N2S2/c1-2-17-11-12-7-3-5-9-14(12)19-16-18-13-8-4-6-10-15(13)20-16/h3-10,17H,2,11H2,1H3. The largest absolute Gasteiger partial charge is 0.313 e. The molecular formula is C16H16N2S2. The van der Waals surface area contributed by atoms with Crippen LogP contribution < -0.4 is 5.32 Å². The van der Waals surface area contributed by atoms with E-state index in [1.54, 1.807) is 23.1 Å². The first-order valence-electron chi connectivity index (χ1n) is 6.69. The Labute approximate surface area is 127 Å². The van der Waals surface area contributed by atoms with Crippen molar-refractivity contribution in [3.05, 3.63) is 54.1 Å². The molecule has 0 radical (unpaired) electrons. The van der Waals surface area contributed by atoms with E-state index >= 15 is 0 Å². The van der Waals surface area contributed by atoms with E-state index < -0.39 is 0 Å². The van der Waals surface area contributed by atoms with E-state index in [4.69, 9.17) is 4.98 Å². The molecule has 3 aromatic rings. The topological polar surface area (TPSA) is 24.9 Å². The average Bonchev–Trinajstić information content (AvgIpc) is 2.88. The molecule has 1 heterocycles. The number of para-hydroxylation sites is 1. The molecule has 2 nitrogen and oxygen atoms in total. The number of thiazole rings is 1. The first-order chi connectivity index (χ1) is 9.86. The van der Waals surface area contributed by atoms with Crippen molar-refractivity contribution in [1.82, 2.24) is 10.3 Å². The molecule has 0 saturated heterocycles. The quantitative estimate of drug-likeness (QED) is 0.748. The summed E-state index contributed by atoms with van der Waals surface area (Å²) in [5.41, 5.74) is 2.42. The van der Waals surface area contributed by atoms with Gasteiger partial charge in [-0.15, -0.1) is 11.3 Å². The lowest BCUT2D eigenvalue weighted by Crippen LogP contribution is -2.12. The highest BCUT2D eigenvalue weighted by atomic mass is 32.2. The molecule has 0 spiro atoms. The maximum atomic E-state index is 4.69. The summed E-state index contributed by atoms with van der Waals surface area (Å²) in [6, 6.07) is 16.8. The second kappa shape index (κ2) is 6.39. The maximum absolute atomic E-state index is 4.69. The molecule has 2 aromatic carbocycles. The van der Waals surface area contributed by atoms with E-state index in [9.17, 15) is 0 Å². The van der Waals surface area contributed by atoms with Crippen LogP contribution in [-0.2, 0) is 6.54 Å². The number of rotatable bonds is 5. The van der Waals surface area contributed by atoms with Crippen LogP contribution in [0.3, 0.4) is 0 Å². The SMILES string of the molecule is CCNCc1ccccc1Sc1nc2ccccc2s1. The number of nitrogens with one attached hydrogen (secondary N) is 1. The third kappa shape index (κ3) is 3.03. The smallest absolute Gasteiger partial charge is 0.155 e. The van der Waals surface area contributed by atoms with Crippen molar-refractivity contribution in [2.24, 2.45) is 0 Å². The van der Waals surface area contributed by atoms with Crippen LogP contribution in [0.5, 0.6) is 0 Å². The fourth-order valence-corrected chi connectivity index (χ4v) is 4.15. The van der Waals surface area contributed by atoms with Crippen LogP contribution in [0.1, 0.15) is 12.5 Å². The van der Waals surface area contributed by atoms with Gasteiger partial charge in [0.1, 0.15) is 0 Å². The van der Waals surface area contributed by atoms with Crippen LogP contribution in [0.25, 0.3) is 10.2 Å². The normalized spacial score (nSPS) is 11.1. The summed E-state index contributed by atoms with van der Waals surface area (Å²) in [6.07, 6.45) is 0. The molecule has 4 heteroatoms. The Hall–Kier alpha value is -1.36. The molecule has 3 rings (SSSR count). The van der Waals surface area contributed by atoms with E-state index in [2.05, 4.69) is 54.7 Å². The van der Waals surface area contributed by atoms with E-state index in [-0.39, 0.29) is 0 Å². The second-order valence-corrected chi connectivity index (χ2v) is 6.76. The van der Waals surface area contributed by atoms with Crippen LogP contribution in [0.15, 0.2) is 57.8 Å².